The van der Waals surface area contributed by atoms with Gasteiger partial charge in [0.15, 0.2) is 0 Å². The Kier molecular flexibility index (Phi) is 3.55. The van der Waals surface area contributed by atoms with Crippen LogP contribution in [0.3, 0.4) is 0 Å². The lowest BCUT2D eigenvalue weighted by atomic mass is 9.81. The first-order valence-corrected chi connectivity index (χ1v) is 6.49. The second-order valence-corrected chi connectivity index (χ2v) is 5.71. The first-order valence-electron chi connectivity index (χ1n) is 6.49. The van der Waals surface area contributed by atoms with E-state index < -0.39 is 0 Å². The zero-order valence-corrected chi connectivity index (χ0v) is 11.1. The number of benzene rings is 1. The minimum atomic E-state index is -0.216. The van der Waals surface area contributed by atoms with Gasteiger partial charge in [-0.3, -0.25) is 4.90 Å². The van der Waals surface area contributed by atoms with E-state index in [-0.39, 0.29) is 12.1 Å². The van der Waals surface area contributed by atoms with Crippen LogP contribution in [0.4, 0.5) is 0 Å². The zero-order valence-electron chi connectivity index (χ0n) is 11.1. The molecule has 0 amide bonds. The van der Waals surface area contributed by atoms with Gasteiger partial charge in [0.1, 0.15) is 0 Å². The molecule has 1 aromatic carbocycles. The molecule has 1 fully saturated rings. The van der Waals surface area contributed by atoms with E-state index in [0.717, 1.165) is 24.9 Å². The third kappa shape index (κ3) is 2.24. The number of likely N-dealkylation sites (tertiary alicyclic amines) is 1. The standard InChI is InChI=1S/C15H23NO/c1-12(2)13-9-16(10-13)15(3,11-17)14-7-5-4-6-8-14/h4-8,12-13,17H,9-11H2,1-3H3. The van der Waals surface area contributed by atoms with Gasteiger partial charge in [-0.25, -0.2) is 0 Å². The Balaban J connectivity index is 2.12. The number of hydrogen-bond acceptors (Lipinski definition) is 2. The Labute approximate surface area is 104 Å². The second-order valence-electron chi connectivity index (χ2n) is 5.71. The SMILES string of the molecule is CC(C)C1CN(C(C)(CO)c2ccccc2)C1. The molecule has 94 valence electrons. The van der Waals surface area contributed by atoms with Crippen LogP contribution in [0.2, 0.25) is 0 Å². The minimum Gasteiger partial charge on any atom is -0.394 e. The van der Waals surface area contributed by atoms with Gasteiger partial charge in [-0.15, -0.1) is 0 Å². The fraction of sp³-hybridized carbons (Fsp3) is 0.600. The minimum absolute atomic E-state index is 0.182. The van der Waals surface area contributed by atoms with Crippen LogP contribution < -0.4 is 0 Å². The monoisotopic (exact) mass is 233 g/mol. The van der Waals surface area contributed by atoms with Crippen molar-refractivity contribution in [3.8, 4) is 0 Å². The summed E-state index contributed by atoms with van der Waals surface area (Å²) in [5, 5.41) is 9.76. The predicted octanol–water partition coefficient (Wildman–Crippen LogP) is 2.48. The Bertz CT molecular complexity index is 356. The van der Waals surface area contributed by atoms with E-state index in [1.165, 1.54) is 5.56 Å². The van der Waals surface area contributed by atoms with Crippen LogP contribution in [0.15, 0.2) is 30.3 Å². The smallest absolute Gasteiger partial charge is 0.0665 e. The highest BCUT2D eigenvalue weighted by Gasteiger charge is 2.41. The quantitative estimate of drug-likeness (QED) is 0.863. The topological polar surface area (TPSA) is 23.5 Å². The van der Waals surface area contributed by atoms with Gasteiger partial charge in [0.2, 0.25) is 0 Å². The molecule has 17 heavy (non-hydrogen) atoms. The summed E-state index contributed by atoms with van der Waals surface area (Å²) in [5.41, 5.74) is 0.997. The van der Waals surface area contributed by atoms with Gasteiger partial charge >= 0.3 is 0 Å². The molecule has 0 spiro atoms. The van der Waals surface area contributed by atoms with Crippen LogP contribution in [0.1, 0.15) is 26.3 Å². The molecule has 1 aliphatic heterocycles. The molecule has 2 rings (SSSR count). The van der Waals surface area contributed by atoms with Crippen LogP contribution in [0.5, 0.6) is 0 Å². The lowest BCUT2D eigenvalue weighted by molar-refractivity contribution is -0.0538. The van der Waals surface area contributed by atoms with Crippen molar-refractivity contribution < 1.29 is 5.11 Å². The molecule has 2 nitrogen and oxygen atoms in total. The highest BCUT2D eigenvalue weighted by Crippen LogP contribution is 2.36. The number of aliphatic hydroxyl groups is 1. The molecule has 1 aliphatic rings. The van der Waals surface area contributed by atoms with Crippen molar-refractivity contribution in [2.24, 2.45) is 11.8 Å². The Morgan fingerprint density at radius 1 is 1.29 bits per heavy atom. The largest absolute Gasteiger partial charge is 0.394 e. The van der Waals surface area contributed by atoms with E-state index in [1.54, 1.807) is 0 Å². The van der Waals surface area contributed by atoms with Crippen molar-refractivity contribution in [3.05, 3.63) is 35.9 Å². The van der Waals surface area contributed by atoms with Gasteiger partial charge in [0, 0.05) is 13.1 Å². The molecular weight excluding hydrogens is 210 g/mol. The maximum absolute atomic E-state index is 9.76. The van der Waals surface area contributed by atoms with Gasteiger partial charge in [0.05, 0.1) is 12.1 Å². The van der Waals surface area contributed by atoms with Crippen LogP contribution in [0.25, 0.3) is 0 Å². The number of nitrogens with zero attached hydrogens (tertiary/aromatic N) is 1. The van der Waals surface area contributed by atoms with Gasteiger partial charge in [0.25, 0.3) is 0 Å². The van der Waals surface area contributed by atoms with Crippen LogP contribution in [-0.4, -0.2) is 29.7 Å². The number of rotatable bonds is 4. The van der Waals surface area contributed by atoms with Crippen LogP contribution in [-0.2, 0) is 5.54 Å². The predicted molar refractivity (Wildman–Crippen MR) is 70.8 cm³/mol. The molecule has 0 aliphatic carbocycles. The average molecular weight is 233 g/mol. The van der Waals surface area contributed by atoms with E-state index in [2.05, 4.69) is 37.8 Å². The molecule has 1 N–H and O–H groups in total. The van der Waals surface area contributed by atoms with E-state index in [9.17, 15) is 5.11 Å². The molecule has 0 radical (unpaired) electrons. The Morgan fingerprint density at radius 2 is 1.88 bits per heavy atom. The van der Waals surface area contributed by atoms with Crippen LogP contribution >= 0.6 is 0 Å². The third-order valence-electron chi connectivity index (χ3n) is 4.25. The number of hydrogen-bond donors (Lipinski definition) is 1. The molecule has 0 saturated carbocycles. The summed E-state index contributed by atoms with van der Waals surface area (Å²) in [5.74, 6) is 1.52. The fourth-order valence-corrected chi connectivity index (χ4v) is 2.51. The van der Waals surface area contributed by atoms with E-state index in [4.69, 9.17) is 0 Å². The van der Waals surface area contributed by atoms with Crippen molar-refractivity contribution in [3.63, 3.8) is 0 Å². The van der Waals surface area contributed by atoms with Gasteiger partial charge in [-0.2, -0.15) is 0 Å². The first-order chi connectivity index (χ1) is 8.08. The molecule has 1 saturated heterocycles. The molecular formula is C15H23NO. The van der Waals surface area contributed by atoms with Crippen molar-refractivity contribution in [1.29, 1.82) is 0 Å². The molecule has 1 atom stereocenters. The van der Waals surface area contributed by atoms with Crippen molar-refractivity contribution in [1.82, 2.24) is 4.90 Å². The molecule has 1 unspecified atom stereocenters. The first kappa shape index (κ1) is 12.6. The second kappa shape index (κ2) is 4.79. The maximum Gasteiger partial charge on any atom is 0.0665 e. The summed E-state index contributed by atoms with van der Waals surface area (Å²) in [4.78, 5) is 2.40. The molecule has 1 aromatic rings. The molecule has 2 heteroatoms. The lowest BCUT2D eigenvalue weighted by Gasteiger charge is -2.51. The van der Waals surface area contributed by atoms with Crippen molar-refractivity contribution >= 4 is 0 Å². The zero-order chi connectivity index (χ0) is 12.5. The summed E-state index contributed by atoms with van der Waals surface area (Å²) < 4.78 is 0. The molecule has 0 bridgehead atoms. The van der Waals surface area contributed by atoms with Gasteiger partial charge in [-0.1, -0.05) is 44.2 Å². The average Bonchev–Trinajstić information content (AvgIpc) is 2.27. The highest BCUT2D eigenvalue weighted by molar-refractivity contribution is 5.24. The molecule has 0 aromatic heterocycles. The summed E-state index contributed by atoms with van der Waals surface area (Å²) in [6.45, 7) is 9.08. The van der Waals surface area contributed by atoms with E-state index in [1.807, 2.05) is 18.2 Å². The van der Waals surface area contributed by atoms with Crippen LogP contribution in [0, 0.1) is 11.8 Å². The third-order valence-corrected chi connectivity index (χ3v) is 4.25. The number of aliphatic hydroxyl groups excluding tert-OH is 1. The molecule has 1 heterocycles. The summed E-state index contributed by atoms with van der Waals surface area (Å²) in [7, 11) is 0. The Hall–Kier alpha value is -0.860. The highest BCUT2D eigenvalue weighted by atomic mass is 16.3. The van der Waals surface area contributed by atoms with E-state index in [0.29, 0.717) is 0 Å². The maximum atomic E-state index is 9.76. The van der Waals surface area contributed by atoms with E-state index >= 15 is 0 Å². The summed E-state index contributed by atoms with van der Waals surface area (Å²) in [6.07, 6.45) is 0. The fourth-order valence-electron chi connectivity index (χ4n) is 2.51. The normalized spacial score (nSPS) is 21.2. The van der Waals surface area contributed by atoms with Crippen molar-refractivity contribution in [2.75, 3.05) is 19.7 Å². The lowest BCUT2D eigenvalue weighted by Crippen LogP contribution is -2.59. The van der Waals surface area contributed by atoms with Crippen molar-refractivity contribution in [2.45, 2.75) is 26.3 Å². The van der Waals surface area contributed by atoms with Gasteiger partial charge < -0.3 is 5.11 Å². The summed E-state index contributed by atoms with van der Waals surface area (Å²) in [6, 6.07) is 10.3. The summed E-state index contributed by atoms with van der Waals surface area (Å²) >= 11 is 0. The Morgan fingerprint density at radius 3 is 2.35 bits per heavy atom. The van der Waals surface area contributed by atoms with Gasteiger partial charge in [-0.05, 0) is 24.3 Å².